The molecule has 1 aliphatic heterocycles. The topological polar surface area (TPSA) is 55.6 Å². The number of ether oxygens (including phenoxy) is 1. The molecule has 22 heavy (non-hydrogen) atoms. The number of methoxy groups -OCH3 is 1. The molecule has 1 aromatic carbocycles. The van der Waals surface area contributed by atoms with E-state index in [1.807, 2.05) is 0 Å². The highest BCUT2D eigenvalue weighted by Crippen LogP contribution is 2.22. The summed E-state index contributed by atoms with van der Waals surface area (Å²) >= 11 is 0. The summed E-state index contributed by atoms with van der Waals surface area (Å²) in [7, 11) is 1.32. The van der Waals surface area contributed by atoms with Gasteiger partial charge in [-0.25, -0.2) is 8.78 Å². The molecule has 126 valence electrons. The van der Waals surface area contributed by atoms with Gasteiger partial charge >= 0.3 is 5.97 Å². The number of likely N-dealkylation sites (tertiary alicyclic amines) is 1. The zero-order valence-corrected chi connectivity index (χ0v) is 13.8. The lowest BCUT2D eigenvalue weighted by atomic mass is 9.88. The van der Waals surface area contributed by atoms with Gasteiger partial charge in [-0.1, -0.05) is 6.07 Å². The van der Waals surface area contributed by atoms with Gasteiger partial charge in [-0.05, 0) is 30.5 Å². The molecule has 2 rings (SSSR count). The smallest absolute Gasteiger partial charge is 0.325 e. The Labute approximate surface area is 140 Å². The Bertz CT molecular complexity index is 510. The number of halogens is 4. The Hall–Kier alpha value is -0.950. The average Bonchev–Trinajstić information content (AvgIpc) is 2.44. The third kappa shape index (κ3) is 4.78. The summed E-state index contributed by atoms with van der Waals surface area (Å²) in [6.07, 6.45) is 0.979. The summed E-state index contributed by atoms with van der Waals surface area (Å²) in [5, 5.41) is 0. The van der Waals surface area contributed by atoms with Gasteiger partial charge in [-0.15, -0.1) is 24.8 Å². The van der Waals surface area contributed by atoms with Crippen LogP contribution in [0.4, 0.5) is 8.78 Å². The first-order valence-corrected chi connectivity index (χ1v) is 6.48. The maximum absolute atomic E-state index is 13.1. The van der Waals surface area contributed by atoms with Crippen LogP contribution in [0, 0.1) is 11.6 Å². The maximum atomic E-state index is 13.1. The van der Waals surface area contributed by atoms with Crippen LogP contribution in [-0.4, -0.2) is 36.6 Å². The van der Waals surface area contributed by atoms with Crippen LogP contribution in [0.15, 0.2) is 18.2 Å². The normalized spacial score (nSPS) is 17.1. The molecule has 0 spiro atoms. The van der Waals surface area contributed by atoms with Gasteiger partial charge in [-0.3, -0.25) is 9.69 Å². The van der Waals surface area contributed by atoms with Crippen LogP contribution in [-0.2, 0) is 16.1 Å². The van der Waals surface area contributed by atoms with Crippen LogP contribution in [0.5, 0.6) is 0 Å². The summed E-state index contributed by atoms with van der Waals surface area (Å²) < 4.78 is 30.7. The number of carbonyl (C=O) groups is 1. The summed E-state index contributed by atoms with van der Waals surface area (Å²) in [5.41, 5.74) is 5.77. The van der Waals surface area contributed by atoms with Gasteiger partial charge in [-0.2, -0.15) is 0 Å². The first-order valence-electron chi connectivity index (χ1n) is 6.48. The Morgan fingerprint density at radius 3 is 2.36 bits per heavy atom. The zero-order chi connectivity index (χ0) is 14.8. The second-order valence-electron chi connectivity index (χ2n) is 5.17. The van der Waals surface area contributed by atoms with E-state index in [0.717, 1.165) is 6.07 Å². The molecule has 0 amide bonds. The van der Waals surface area contributed by atoms with Crippen molar-refractivity contribution in [1.82, 2.24) is 4.90 Å². The number of esters is 1. The molecule has 1 heterocycles. The van der Waals surface area contributed by atoms with Gasteiger partial charge in [0.25, 0.3) is 0 Å². The lowest BCUT2D eigenvalue weighted by molar-refractivity contribution is -0.149. The van der Waals surface area contributed by atoms with Crippen molar-refractivity contribution in [2.24, 2.45) is 5.73 Å². The minimum atomic E-state index is -0.931. The molecule has 0 radical (unpaired) electrons. The number of benzene rings is 1. The highest BCUT2D eigenvalue weighted by molar-refractivity contribution is 5.85. The lowest BCUT2D eigenvalue weighted by Crippen LogP contribution is -2.55. The highest BCUT2D eigenvalue weighted by Gasteiger charge is 2.38. The third-order valence-electron chi connectivity index (χ3n) is 3.73. The first kappa shape index (κ1) is 21.0. The number of hydrogen-bond acceptors (Lipinski definition) is 4. The Balaban J connectivity index is 0.00000220. The Morgan fingerprint density at radius 2 is 1.86 bits per heavy atom. The summed E-state index contributed by atoms with van der Waals surface area (Å²) in [6, 6.07) is 3.87. The van der Waals surface area contributed by atoms with Crippen LogP contribution >= 0.6 is 24.8 Å². The molecular weight excluding hydrogens is 337 g/mol. The van der Waals surface area contributed by atoms with Crippen molar-refractivity contribution in [1.29, 1.82) is 0 Å². The molecule has 0 atom stereocenters. The number of hydrogen-bond donors (Lipinski definition) is 1. The summed E-state index contributed by atoms with van der Waals surface area (Å²) in [5.74, 6) is -2.09. The van der Waals surface area contributed by atoms with Gasteiger partial charge in [0.05, 0.1) is 7.11 Å². The Morgan fingerprint density at radius 1 is 1.27 bits per heavy atom. The lowest BCUT2D eigenvalue weighted by Gasteiger charge is -2.37. The van der Waals surface area contributed by atoms with Crippen LogP contribution in [0.25, 0.3) is 0 Å². The standard InChI is InChI=1S/C14H18F2N2O2.2ClH/c1-20-13(19)14(17)4-6-18(7-5-14)9-10-2-3-11(15)12(16)8-10;;/h2-3,8H,4-7,9,17H2,1H3;2*1H. The van der Waals surface area contributed by atoms with E-state index in [4.69, 9.17) is 10.5 Å². The SMILES string of the molecule is COC(=O)C1(N)CCN(Cc2ccc(F)c(F)c2)CC1.Cl.Cl. The molecule has 8 heteroatoms. The van der Waals surface area contributed by atoms with Gasteiger partial charge in [0, 0.05) is 19.6 Å². The first-order chi connectivity index (χ1) is 9.44. The van der Waals surface area contributed by atoms with Crippen molar-refractivity contribution >= 4 is 30.8 Å². The number of piperidine rings is 1. The van der Waals surface area contributed by atoms with Crippen molar-refractivity contribution in [2.75, 3.05) is 20.2 Å². The number of carbonyl (C=O) groups excluding carboxylic acids is 1. The van der Waals surface area contributed by atoms with Crippen molar-refractivity contribution in [3.05, 3.63) is 35.4 Å². The second kappa shape index (κ2) is 8.62. The molecule has 1 aromatic rings. The number of rotatable bonds is 3. The molecule has 0 saturated carbocycles. The minimum Gasteiger partial charge on any atom is -0.468 e. The maximum Gasteiger partial charge on any atom is 0.325 e. The van der Waals surface area contributed by atoms with Crippen molar-refractivity contribution in [3.8, 4) is 0 Å². The van der Waals surface area contributed by atoms with Crippen LogP contribution < -0.4 is 5.73 Å². The van der Waals surface area contributed by atoms with E-state index < -0.39 is 23.1 Å². The molecule has 0 aromatic heterocycles. The van der Waals surface area contributed by atoms with E-state index in [9.17, 15) is 13.6 Å². The molecule has 4 nitrogen and oxygen atoms in total. The van der Waals surface area contributed by atoms with Crippen LogP contribution in [0.2, 0.25) is 0 Å². The van der Waals surface area contributed by atoms with E-state index >= 15 is 0 Å². The summed E-state index contributed by atoms with van der Waals surface area (Å²) in [6.45, 7) is 1.74. The van der Waals surface area contributed by atoms with Gasteiger partial charge in [0.1, 0.15) is 5.54 Å². The number of nitrogens with two attached hydrogens (primary N) is 1. The monoisotopic (exact) mass is 356 g/mol. The van der Waals surface area contributed by atoms with E-state index in [2.05, 4.69) is 4.90 Å². The van der Waals surface area contributed by atoms with Crippen molar-refractivity contribution < 1.29 is 18.3 Å². The Kier molecular flexibility index (Phi) is 8.25. The fourth-order valence-corrected chi connectivity index (χ4v) is 2.41. The van der Waals surface area contributed by atoms with Crippen molar-refractivity contribution in [2.45, 2.75) is 24.9 Å². The molecule has 1 fully saturated rings. The predicted octanol–water partition coefficient (Wildman–Crippen LogP) is 2.27. The molecular formula is C14H20Cl2F2N2O2. The third-order valence-corrected chi connectivity index (χ3v) is 3.73. The second-order valence-corrected chi connectivity index (χ2v) is 5.17. The zero-order valence-electron chi connectivity index (χ0n) is 12.2. The average molecular weight is 357 g/mol. The van der Waals surface area contributed by atoms with Crippen LogP contribution in [0.1, 0.15) is 18.4 Å². The largest absolute Gasteiger partial charge is 0.468 e. The molecule has 2 N–H and O–H groups in total. The fourth-order valence-electron chi connectivity index (χ4n) is 2.41. The fraction of sp³-hybridized carbons (Fsp3) is 0.500. The molecule has 1 saturated heterocycles. The summed E-state index contributed by atoms with van der Waals surface area (Å²) in [4.78, 5) is 13.6. The quantitative estimate of drug-likeness (QED) is 0.844. The van der Waals surface area contributed by atoms with Gasteiger partial charge < -0.3 is 10.5 Å². The molecule has 0 bridgehead atoms. The van der Waals surface area contributed by atoms with Crippen LogP contribution in [0.3, 0.4) is 0 Å². The van der Waals surface area contributed by atoms with Gasteiger partial charge in [0.15, 0.2) is 11.6 Å². The van der Waals surface area contributed by atoms with E-state index in [0.29, 0.717) is 38.0 Å². The van der Waals surface area contributed by atoms with E-state index in [1.54, 1.807) is 6.07 Å². The molecule has 0 unspecified atom stereocenters. The molecule has 1 aliphatic rings. The molecule has 0 aliphatic carbocycles. The van der Waals surface area contributed by atoms with Crippen molar-refractivity contribution in [3.63, 3.8) is 0 Å². The van der Waals surface area contributed by atoms with E-state index in [-0.39, 0.29) is 24.8 Å². The highest BCUT2D eigenvalue weighted by atomic mass is 35.5. The number of nitrogens with zero attached hydrogens (tertiary/aromatic N) is 1. The van der Waals surface area contributed by atoms with E-state index in [1.165, 1.54) is 13.2 Å². The minimum absolute atomic E-state index is 0. The predicted molar refractivity (Wildman–Crippen MR) is 84.3 cm³/mol. The van der Waals surface area contributed by atoms with Gasteiger partial charge in [0.2, 0.25) is 0 Å².